The summed E-state index contributed by atoms with van der Waals surface area (Å²) in [6.07, 6.45) is 7.75. The van der Waals surface area contributed by atoms with Crippen LogP contribution in [0.4, 0.5) is 4.39 Å². The number of piperazine rings is 1. The van der Waals surface area contributed by atoms with Crippen LogP contribution < -0.4 is 0 Å². The van der Waals surface area contributed by atoms with Gasteiger partial charge in [0.2, 0.25) is 0 Å². The van der Waals surface area contributed by atoms with E-state index < -0.39 is 5.60 Å². The number of hydrogen-bond donors (Lipinski definition) is 2. The van der Waals surface area contributed by atoms with Crippen LogP contribution in [0.25, 0.3) is 11.0 Å². The van der Waals surface area contributed by atoms with Gasteiger partial charge in [-0.1, -0.05) is 12.8 Å². The van der Waals surface area contributed by atoms with E-state index in [1.807, 2.05) is 6.92 Å². The molecule has 2 bridgehead atoms. The molecular weight excluding hydrogens is 355 g/mol. The third-order valence-electron chi connectivity index (χ3n) is 7.24. The molecule has 1 aromatic heterocycles. The van der Waals surface area contributed by atoms with E-state index in [2.05, 4.69) is 14.8 Å². The lowest BCUT2D eigenvalue weighted by molar-refractivity contribution is 0.00447. The van der Waals surface area contributed by atoms with Crippen molar-refractivity contribution in [1.82, 2.24) is 19.8 Å². The first-order valence-electron chi connectivity index (χ1n) is 10.8. The van der Waals surface area contributed by atoms with Gasteiger partial charge in [0.05, 0.1) is 23.2 Å². The molecule has 3 heterocycles. The van der Waals surface area contributed by atoms with Gasteiger partial charge in [-0.2, -0.15) is 0 Å². The second-order valence-electron chi connectivity index (χ2n) is 9.30. The van der Waals surface area contributed by atoms with Gasteiger partial charge < -0.3 is 10.1 Å². The predicted molar refractivity (Wildman–Crippen MR) is 108 cm³/mol. The third-order valence-corrected chi connectivity index (χ3v) is 7.24. The lowest BCUT2D eigenvalue weighted by Gasteiger charge is -2.41. The number of aryl methyl sites for hydroxylation is 1. The first-order valence-corrected chi connectivity index (χ1v) is 10.8. The van der Waals surface area contributed by atoms with Crippen LogP contribution in [-0.4, -0.2) is 62.2 Å². The summed E-state index contributed by atoms with van der Waals surface area (Å²) in [7, 11) is 0. The third kappa shape index (κ3) is 3.46. The maximum absolute atomic E-state index is 13.6. The maximum Gasteiger partial charge on any atom is 0.125 e. The van der Waals surface area contributed by atoms with E-state index >= 15 is 0 Å². The summed E-state index contributed by atoms with van der Waals surface area (Å²) >= 11 is 0. The summed E-state index contributed by atoms with van der Waals surface area (Å²) in [6, 6.07) is 4.26. The molecule has 28 heavy (non-hydrogen) atoms. The number of aromatic amines is 1. The second-order valence-corrected chi connectivity index (χ2v) is 9.30. The van der Waals surface area contributed by atoms with Crippen molar-refractivity contribution >= 4 is 11.0 Å². The summed E-state index contributed by atoms with van der Waals surface area (Å²) in [5, 5.41) is 10.7. The van der Waals surface area contributed by atoms with Gasteiger partial charge in [0, 0.05) is 31.7 Å². The molecule has 1 aliphatic carbocycles. The molecule has 2 aliphatic heterocycles. The van der Waals surface area contributed by atoms with Gasteiger partial charge in [0.1, 0.15) is 11.6 Å². The molecule has 0 radical (unpaired) electrons. The molecule has 2 N–H and O–H groups in total. The number of fused-ring (bicyclic) bond motifs is 3. The Balaban J connectivity index is 1.23. The van der Waals surface area contributed by atoms with E-state index in [0.717, 1.165) is 67.9 Å². The summed E-state index contributed by atoms with van der Waals surface area (Å²) in [6.45, 7) is 5.84. The molecule has 2 atom stereocenters. The molecule has 5 nitrogen and oxygen atoms in total. The van der Waals surface area contributed by atoms with Crippen molar-refractivity contribution in [3.8, 4) is 0 Å². The smallest absolute Gasteiger partial charge is 0.125 e. The Bertz CT molecular complexity index is 846. The summed E-state index contributed by atoms with van der Waals surface area (Å²) in [5.41, 5.74) is 2.15. The zero-order chi connectivity index (χ0) is 19.3. The number of imidazole rings is 1. The van der Waals surface area contributed by atoms with Crippen molar-refractivity contribution in [3.63, 3.8) is 0 Å². The summed E-state index contributed by atoms with van der Waals surface area (Å²) < 4.78 is 13.6. The lowest BCUT2D eigenvalue weighted by atomic mass is 9.97. The van der Waals surface area contributed by atoms with Crippen LogP contribution in [0, 0.1) is 12.7 Å². The molecule has 1 aromatic carbocycles. The van der Waals surface area contributed by atoms with E-state index in [1.165, 1.54) is 31.7 Å². The Morgan fingerprint density at radius 2 is 1.93 bits per heavy atom. The molecular formula is C22H31FN4O. The molecule has 2 unspecified atom stereocenters. The number of nitrogens with one attached hydrogen (secondary N) is 1. The molecule has 3 aliphatic rings. The van der Waals surface area contributed by atoms with Crippen LogP contribution in [0.3, 0.4) is 0 Å². The lowest BCUT2D eigenvalue weighted by Crippen LogP contribution is -2.54. The van der Waals surface area contributed by atoms with Crippen molar-refractivity contribution in [3.05, 3.63) is 29.3 Å². The Kier molecular flexibility index (Phi) is 4.68. The highest BCUT2D eigenvalue weighted by Crippen LogP contribution is 2.36. The van der Waals surface area contributed by atoms with E-state index in [9.17, 15) is 9.50 Å². The molecule has 5 rings (SSSR count). The number of H-pyrrole nitrogens is 1. The van der Waals surface area contributed by atoms with Crippen LogP contribution >= 0.6 is 0 Å². The minimum atomic E-state index is -0.405. The van der Waals surface area contributed by atoms with Crippen LogP contribution in [-0.2, 0) is 6.54 Å². The first-order chi connectivity index (χ1) is 13.5. The Labute approximate surface area is 165 Å². The zero-order valence-electron chi connectivity index (χ0n) is 16.8. The van der Waals surface area contributed by atoms with Gasteiger partial charge in [-0.3, -0.25) is 9.80 Å². The standard InChI is InChI=1S/C22H31FN4O/c1-15-10-16(23)11-19-21(15)25-20(24-19)14-26-12-17-4-5-18(13-26)27(17)9-8-22(28)6-2-3-7-22/h10-11,17-18,28H,2-9,12-14H2,1H3,(H,24,25). The SMILES string of the molecule is Cc1cc(F)cc2[nH]c(CN3CC4CCC(C3)N4CCC3(O)CCCC3)nc12. The fraction of sp³-hybridized carbons (Fsp3) is 0.682. The predicted octanol–water partition coefficient (Wildman–Crippen LogP) is 3.35. The molecule has 152 valence electrons. The molecule has 3 fully saturated rings. The average Bonchev–Trinajstić information content (AvgIpc) is 3.30. The van der Waals surface area contributed by atoms with Gasteiger partial charge in [-0.05, 0) is 56.7 Å². The van der Waals surface area contributed by atoms with Crippen LogP contribution in [0.2, 0.25) is 0 Å². The number of hydrogen-bond acceptors (Lipinski definition) is 4. The monoisotopic (exact) mass is 386 g/mol. The van der Waals surface area contributed by atoms with Gasteiger partial charge in [-0.15, -0.1) is 0 Å². The van der Waals surface area contributed by atoms with Crippen LogP contribution in [0.5, 0.6) is 0 Å². The van der Waals surface area contributed by atoms with Crippen molar-refractivity contribution < 1.29 is 9.50 Å². The molecule has 0 spiro atoms. The molecule has 2 saturated heterocycles. The van der Waals surface area contributed by atoms with Gasteiger partial charge in [-0.25, -0.2) is 9.37 Å². The number of benzene rings is 1. The van der Waals surface area contributed by atoms with Gasteiger partial charge in [0.15, 0.2) is 0 Å². The number of rotatable bonds is 5. The van der Waals surface area contributed by atoms with Crippen molar-refractivity contribution in [2.24, 2.45) is 0 Å². The number of aromatic nitrogens is 2. The molecule has 0 amide bonds. The first kappa shape index (κ1) is 18.5. The minimum Gasteiger partial charge on any atom is -0.390 e. The average molecular weight is 387 g/mol. The summed E-state index contributed by atoms with van der Waals surface area (Å²) in [4.78, 5) is 13.2. The Morgan fingerprint density at radius 1 is 1.21 bits per heavy atom. The second kappa shape index (κ2) is 7.08. The van der Waals surface area contributed by atoms with Crippen LogP contribution in [0.15, 0.2) is 12.1 Å². The summed E-state index contributed by atoms with van der Waals surface area (Å²) in [5.74, 6) is 0.715. The number of nitrogens with zero attached hydrogens (tertiary/aromatic N) is 3. The highest BCUT2D eigenvalue weighted by molar-refractivity contribution is 5.78. The van der Waals surface area contributed by atoms with Gasteiger partial charge >= 0.3 is 0 Å². The number of aliphatic hydroxyl groups is 1. The van der Waals surface area contributed by atoms with Crippen molar-refractivity contribution in [1.29, 1.82) is 0 Å². The molecule has 2 aromatic rings. The van der Waals surface area contributed by atoms with Crippen molar-refractivity contribution in [2.45, 2.75) is 76.1 Å². The Hall–Kier alpha value is -1.50. The fourth-order valence-electron chi connectivity index (χ4n) is 5.78. The highest BCUT2D eigenvalue weighted by Gasteiger charge is 2.41. The number of halogens is 1. The van der Waals surface area contributed by atoms with E-state index in [-0.39, 0.29) is 5.82 Å². The van der Waals surface area contributed by atoms with E-state index in [4.69, 9.17) is 4.98 Å². The largest absolute Gasteiger partial charge is 0.390 e. The Morgan fingerprint density at radius 3 is 2.64 bits per heavy atom. The van der Waals surface area contributed by atoms with E-state index in [1.54, 1.807) is 6.07 Å². The van der Waals surface area contributed by atoms with Gasteiger partial charge in [0.25, 0.3) is 0 Å². The number of likely N-dealkylation sites (tertiary alicyclic amines) is 1. The normalized spacial score (nSPS) is 27.8. The fourth-order valence-corrected chi connectivity index (χ4v) is 5.78. The topological polar surface area (TPSA) is 55.4 Å². The highest BCUT2D eigenvalue weighted by atomic mass is 19.1. The minimum absolute atomic E-state index is 0.212. The van der Waals surface area contributed by atoms with Crippen molar-refractivity contribution in [2.75, 3.05) is 19.6 Å². The molecule has 6 heteroatoms. The quantitative estimate of drug-likeness (QED) is 0.827. The zero-order valence-corrected chi connectivity index (χ0v) is 16.8. The van der Waals surface area contributed by atoms with Crippen LogP contribution in [0.1, 0.15) is 56.3 Å². The molecule has 1 saturated carbocycles. The maximum atomic E-state index is 13.6. The van der Waals surface area contributed by atoms with E-state index in [0.29, 0.717) is 12.1 Å².